The Balaban J connectivity index is 1.47. The Morgan fingerprint density at radius 2 is 1.94 bits per heavy atom. The number of fused-ring (bicyclic) bond motifs is 1. The van der Waals surface area contributed by atoms with E-state index in [0.717, 1.165) is 86.0 Å². The smallest absolute Gasteiger partial charge is 0.227 e. The zero-order valence-electron chi connectivity index (χ0n) is 20.1. The average Bonchev–Trinajstić information content (AvgIpc) is 2.83. The summed E-state index contributed by atoms with van der Waals surface area (Å²) in [4.78, 5) is 24.4. The summed E-state index contributed by atoms with van der Waals surface area (Å²) in [5, 5.41) is 0.738. The third-order valence-corrected chi connectivity index (χ3v) is 7.08. The molecule has 1 atom stereocenters. The molecule has 4 rings (SSSR count). The summed E-state index contributed by atoms with van der Waals surface area (Å²) in [5.74, 6) is 0.307. The first-order chi connectivity index (χ1) is 15.9. The molecule has 5 nitrogen and oxygen atoms in total. The highest BCUT2D eigenvalue weighted by atomic mass is 35.5. The molecule has 2 aromatic carbocycles. The van der Waals surface area contributed by atoms with Crippen molar-refractivity contribution in [3.63, 3.8) is 0 Å². The zero-order valence-corrected chi connectivity index (χ0v) is 20.8. The van der Waals surface area contributed by atoms with Crippen LogP contribution in [0.1, 0.15) is 36.8 Å². The number of aliphatic imine (C=N–C) groups is 1. The SMILES string of the molecule is CN(C)CCCN(C)C(=O)[C@@H]1CCCN(c2ccc(Cl)c(C3=Nc4ccccc4CC3)c2)C1. The highest BCUT2D eigenvalue weighted by molar-refractivity contribution is 6.34. The molecule has 0 bridgehead atoms. The second kappa shape index (κ2) is 10.7. The normalized spacial score (nSPS) is 18.2. The number of rotatable bonds is 7. The second-order valence-corrected chi connectivity index (χ2v) is 9.96. The van der Waals surface area contributed by atoms with Crippen LogP contribution in [-0.4, -0.2) is 68.7 Å². The number of carbonyl (C=O) groups is 1. The Bertz CT molecular complexity index is 1020. The summed E-state index contributed by atoms with van der Waals surface area (Å²) in [7, 11) is 6.08. The summed E-state index contributed by atoms with van der Waals surface area (Å²) < 4.78 is 0. The van der Waals surface area contributed by atoms with E-state index in [2.05, 4.69) is 54.2 Å². The molecule has 0 unspecified atom stereocenters. The first-order valence-corrected chi connectivity index (χ1v) is 12.4. The summed E-state index contributed by atoms with van der Waals surface area (Å²) in [6.45, 7) is 3.52. The van der Waals surface area contributed by atoms with Gasteiger partial charge < -0.3 is 14.7 Å². The lowest BCUT2D eigenvalue weighted by molar-refractivity contribution is -0.134. The van der Waals surface area contributed by atoms with Crippen molar-refractivity contribution in [2.24, 2.45) is 10.9 Å². The van der Waals surface area contributed by atoms with Gasteiger partial charge in [-0.05, 0) is 82.6 Å². The fourth-order valence-corrected chi connectivity index (χ4v) is 5.10. The van der Waals surface area contributed by atoms with Gasteiger partial charge in [0.15, 0.2) is 0 Å². The van der Waals surface area contributed by atoms with Gasteiger partial charge in [-0.25, -0.2) is 0 Å². The minimum Gasteiger partial charge on any atom is -0.371 e. The fraction of sp³-hybridized carbons (Fsp3) is 0.481. The summed E-state index contributed by atoms with van der Waals surface area (Å²) in [5.41, 5.74) is 5.52. The van der Waals surface area contributed by atoms with E-state index < -0.39 is 0 Å². The Morgan fingerprint density at radius 1 is 1.12 bits per heavy atom. The van der Waals surface area contributed by atoms with Gasteiger partial charge in [0.2, 0.25) is 5.91 Å². The van der Waals surface area contributed by atoms with Gasteiger partial charge in [0, 0.05) is 43.0 Å². The van der Waals surface area contributed by atoms with Crippen molar-refractivity contribution >= 4 is 34.6 Å². The number of anilines is 1. The molecule has 1 amide bonds. The molecule has 33 heavy (non-hydrogen) atoms. The van der Waals surface area contributed by atoms with E-state index in [1.54, 1.807) is 0 Å². The van der Waals surface area contributed by atoms with Crippen LogP contribution in [0.2, 0.25) is 5.02 Å². The number of hydrogen-bond acceptors (Lipinski definition) is 4. The van der Waals surface area contributed by atoms with Crippen molar-refractivity contribution in [1.29, 1.82) is 0 Å². The molecular formula is C27H35ClN4O. The lowest BCUT2D eigenvalue weighted by Gasteiger charge is -2.36. The van der Waals surface area contributed by atoms with Crippen LogP contribution in [0.4, 0.5) is 11.4 Å². The van der Waals surface area contributed by atoms with Gasteiger partial charge in [-0.15, -0.1) is 0 Å². The number of halogens is 1. The molecule has 0 radical (unpaired) electrons. The molecule has 0 N–H and O–H groups in total. The molecule has 176 valence electrons. The Labute approximate surface area is 203 Å². The lowest BCUT2D eigenvalue weighted by atomic mass is 9.94. The molecule has 2 aliphatic heterocycles. The monoisotopic (exact) mass is 466 g/mol. The van der Waals surface area contributed by atoms with Crippen molar-refractivity contribution in [3.8, 4) is 0 Å². The van der Waals surface area contributed by atoms with Crippen LogP contribution in [0.5, 0.6) is 0 Å². The topological polar surface area (TPSA) is 39.1 Å². The number of benzene rings is 2. The average molecular weight is 467 g/mol. The van der Waals surface area contributed by atoms with Crippen molar-refractivity contribution in [1.82, 2.24) is 9.80 Å². The molecule has 0 saturated carbocycles. The first-order valence-electron chi connectivity index (χ1n) is 12.0. The van der Waals surface area contributed by atoms with Gasteiger partial charge >= 0.3 is 0 Å². The van der Waals surface area contributed by atoms with E-state index in [-0.39, 0.29) is 11.8 Å². The molecule has 1 fully saturated rings. The Hall–Kier alpha value is -2.37. The molecule has 1 saturated heterocycles. The Morgan fingerprint density at radius 3 is 2.76 bits per heavy atom. The number of carbonyl (C=O) groups excluding carboxylic acids is 1. The molecule has 0 spiro atoms. The minimum atomic E-state index is 0.0427. The number of hydrogen-bond donors (Lipinski definition) is 0. The van der Waals surface area contributed by atoms with E-state index in [1.807, 2.05) is 24.1 Å². The molecular weight excluding hydrogens is 432 g/mol. The molecule has 2 aromatic rings. The first kappa shape index (κ1) is 23.8. The molecule has 0 aliphatic carbocycles. The van der Waals surface area contributed by atoms with Crippen LogP contribution in [-0.2, 0) is 11.2 Å². The van der Waals surface area contributed by atoms with Crippen molar-refractivity contribution in [2.45, 2.75) is 32.1 Å². The highest BCUT2D eigenvalue weighted by Crippen LogP contribution is 2.33. The lowest BCUT2D eigenvalue weighted by Crippen LogP contribution is -2.44. The van der Waals surface area contributed by atoms with Crippen LogP contribution in [0.3, 0.4) is 0 Å². The predicted molar refractivity (Wildman–Crippen MR) is 138 cm³/mol. The third kappa shape index (κ3) is 5.77. The minimum absolute atomic E-state index is 0.0427. The van der Waals surface area contributed by atoms with Crippen molar-refractivity contribution in [3.05, 3.63) is 58.6 Å². The number of piperidine rings is 1. The number of aryl methyl sites for hydroxylation is 1. The summed E-state index contributed by atoms with van der Waals surface area (Å²) in [6, 6.07) is 14.6. The van der Waals surface area contributed by atoms with Gasteiger partial charge in [0.1, 0.15) is 0 Å². The van der Waals surface area contributed by atoms with E-state index in [1.165, 1.54) is 5.56 Å². The maximum atomic E-state index is 13.1. The fourth-order valence-electron chi connectivity index (χ4n) is 4.87. The molecule has 2 heterocycles. The van der Waals surface area contributed by atoms with Gasteiger partial charge in [-0.3, -0.25) is 9.79 Å². The molecule has 0 aromatic heterocycles. The number of amides is 1. The highest BCUT2D eigenvalue weighted by Gasteiger charge is 2.28. The largest absolute Gasteiger partial charge is 0.371 e. The van der Waals surface area contributed by atoms with Gasteiger partial charge in [-0.1, -0.05) is 29.8 Å². The van der Waals surface area contributed by atoms with Crippen LogP contribution < -0.4 is 4.90 Å². The number of nitrogens with zero attached hydrogens (tertiary/aromatic N) is 4. The van der Waals surface area contributed by atoms with Gasteiger partial charge in [0.05, 0.1) is 17.3 Å². The molecule has 6 heteroatoms. The van der Waals surface area contributed by atoms with Crippen LogP contribution >= 0.6 is 11.6 Å². The summed E-state index contributed by atoms with van der Waals surface area (Å²) in [6.07, 6.45) is 4.85. The third-order valence-electron chi connectivity index (χ3n) is 6.75. The zero-order chi connectivity index (χ0) is 23.4. The quantitative estimate of drug-likeness (QED) is 0.574. The van der Waals surface area contributed by atoms with Gasteiger partial charge in [0.25, 0.3) is 0 Å². The van der Waals surface area contributed by atoms with Crippen LogP contribution in [0, 0.1) is 5.92 Å². The van der Waals surface area contributed by atoms with Gasteiger partial charge in [-0.2, -0.15) is 0 Å². The summed E-state index contributed by atoms with van der Waals surface area (Å²) >= 11 is 6.62. The van der Waals surface area contributed by atoms with E-state index in [0.29, 0.717) is 0 Å². The Kier molecular flexibility index (Phi) is 7.71. The van der Waals surface area contributed by atoms with Crippen molar-refractivity contribution in [2.75, 3.05) is 52.2 Å². The van der Waals surface area contributed by atoms with E-state index >= 15 is 0 Å². The maximum Gasteiger partial charge on any atom is 0.227 e. The van der Waals surface area contributed by atoms with Crippen LogP contribution in [0.15, 0.2) is 47.5 Å². The van der Waals surface area contributed by atoms with Crippen molar-refractivity contribution < 1.29 is 4.79 Å². The number of para-hydroxylation sites is 1. The second-order valence-electron chi connectivity index (χ2n) is 9.55. The maximum absolute atomic E-state index is 13.1. The standard InChI is InChI=1S/C27H35ClN4O/c1-30(2)15-7-16-31(3)27(33)21-9-6-17-32(19-21)22-12-13-24(28)23(18-22)26-14-11-20-8-4-5-10-25(20)29-26/h4-5,8,10,12-13,18,21H,6-7,9,11,14-17,19H2,1-3H3/t21-/m1/s1. The molecule has 2 aliphatic rings. The van der Waals surface area contributed by atoms with E-state index in [9.17, 15) is 4.79 Å². The van der Waals surface area contributed by atoms with Crippen LogP contribution in [0.25, 0.3) is 0 Å². The van der Waals surface area contributed by atoms with E-state index in [4.69, 9.17) is 16.6 Å². The predicted octanol–water partition coefficient (Wildman–Crippen LogP) is 5.03.